The molecule has 0 saturated carbocycles. The Hall–Kier alpha value is -4.13. The molecular weight excluding hydrogens is 372 g/mol. The Balaban J connectivity index is 1.88. The number of hydrogen-bond acceptors (Lipinski definition) is 10. The molecule has 2 N–H and O–H groups in total. The van der Waals surface area contributed by atoms with Gasteiger partial charge in [0, 0.05) is 6.07 Å². The number of benzene rings is 2. The summed E-state index contributed by atoms with van der Waals surface area (Å²) in [7, 11) is 1.54. The van der Waals surface area contributed by atoms with Crippen LogP contribution in [0, 0.1) is 20.2 Å². The van der Waals surface area contributed by atoms with Crippen molar-refractivity contribution in [3.05, 3.63) is 74.6 Å². The van der Waals surface area contributed by atoms with Crippen LogP contribution in [-0.2, 0) is 0 Å². The molecule has 1 heterocycles. The number of ether oxygens (including phenoxy) is 1. The van der Waals surface area contributed by atoms with E-state index in [1.165, 1.54) is 17.1 Å². The zero-order valence-corrected chi connectivity index (χ0v) is 14.4. The van der Waals surface area contributed by atoms with Crippen LogP contribution >= 0.6 is 0 Å². The Bertz CT molecular complexity index is 977. The van der Waals surface area contributed by atoms with Gasteiger partial charge in [-0.1, -0.05) is 12.1 Å². The third kappa shape index (κ3) is 3.99. The number of hydrazine groups is 1. The molecule has 0 spiro atoms. The molecule has 144 valence electrons. The van der Waals surface area contributed by atoms with E-state index in [1.807, 2.05) is 0 Å². The van der Waals surface area contributed by atoms with Gasteiger partial charge in [0.2, 0.25) is 0 Å². The fraction of sp³-hybridized carbons (Fsp3) is 0.133. The van der Waals surface area contributed by atoms with Crippen molar-refractivity contribution in [1.82, 2.24) is 25.6 Å². The van der Waals surface area contributed by atoms with Gasteiger partial charge >= 0.3 is 5.69 Å². The lowest BCUT2D eigenvalue weighted by Crippen LogP contribution is -2.33. The lowest BCUT2D eigenvalue weighted by molar-refractivity contribution is -0.393. The van der Waals surface area contributed by atoms with E-state index in [9.17, 15) is 20.2 Å². The van der Waals surface area contributed by atoms with Gasteiger partial charge in [-0.2, -0.15) is 0 Å². The number of non-ortho nitro benzene ring substituents is 1. The second-order valence-electron chi connectivity index (χ2n) is 5.45. The molecule has 2 aromatic carbocycles. The molecule has 0 aliphatic heterocycles. The minimum atomic E-state index is -0.712. The van der Waals surface area contributed by atoms with Crippen molar-refractivity contribution < 1.29 is 14.6 Å². The molecule has 0 bridgehead atoms. The largest absolute Gasteiger partial charge is 0.497 e. The molecular formula is C15H14N8O5. The van der Waals surface area contributed by atoms with E-state index in [4.69, 9.17) is 4.74 Å². The van der Waals surface area contributed by atoms with E-state index < -0.39 is 21.7 Å². The summed E-state index contributed by atoms with van der Waals surface area (Å²) in [5.41, 5.74) is 5.54. The van der Waals surface area contributed by atoms with E-state index in [1.54, 1.807) is 31.4 Å². The van der Waals surface area contributed by atoms with E-state index in [-0.39, 0.29) is 11.4 Å². The number of nitro benzene ring substituents is 2. The van der Waals surface area contributed by atoms with Crippen LogP contribution < -0.4 is 15.6 Å². The number of methoxy groups -OCH3 is 1. The maximum absolute atomic E-state index is 11.3. The number of rotatable bonds is 8. The summed E-state index contributed by atoms with van der Waals surface area (Å²) in [6.45, 7) is 0. The Kier molecular flexibility index (Phi) is 5.36. The van der Waals surface area contributed by atoms with Gasteiger partial charge in [0.25, 0.3) is 5.69 Å². The summed E-state index contributed by atoms with van der Waals surface area (Å²) in [5, 5.41) is 33.2. The zero-order chi connectivity index (χ0) is 20.1. The van der Waals surface area contributed by atoms with Gasteiger partial charge in [-0.15, -0.1) is 5.10 Å². The van der Waals surface area contributed by atoms with Crippen molar-refractivity contribution >= 4 is 17.1 Å². The summed E-state index contributed by atoms with van der Waals surface area (Å²) < 4.78 is 6.52. The van der Waals surface area contributed by atoms with Crippen LogP contribution in [-0.4, -0.2) is 37.2 Å². The van der Waals surface area contributed by atoms with E-state index in [0.29, 0.717) is 5.75 Å². The summed E-state index contributed by atoms with van der Waals surface area (Å²) in [4.78, 5) is 20.7. The average molecular weight is 386 g/mol. The van der Waals surface area contributed by atoms with Gasteiger partial charge < -0.3 is 10.2 Å². The Labute approximate surface area is 157 Å². The standard InChI is InChI=1S/C15H14N8O5/c1-28-12-5-2-10(3-6-12)15(21-9-16-19-20-21)18-17-13-7-4-11(22(24)25)8-14(13)23(26)27/h2-9,15,17-18H,1H3. The van der Waals surface area contributed by atoms with Gasteiger partial charge in [0.15, 0.2) is 0 Å². The quantitative estimate of drug-likeness (QED) is 0.430. The predicted molar refractivity (Wildman–Crippen MR) is 95.5 cm³/mol. The predicted octanol–water partition coefficient (Wildman–Crippen LogP) is 1.66. The second-order valence-corrected chi connectivity index (χ2v) is 5.45. The first kappa shape index (κ1) is 18.7. The molecule has 13 nitrogen and oxygen atoms in total. The Morgan fingerprint density at radius 2 is 1.86 bits per heavy atom. The highest BCUT2D eigenvalue weighted by Crippen LogP contribution is 2.29. The maximum atomic E-state index is 11.3. The lowest BCUT2D eigenvalue weighted by Gasteiger charge is -2.20. The molecule has 3 aromatic rings. The Morgan fingerprint density at radius 3 is 2.43 bits per heavy atom. The van der Waals surface area contributed by atoms with E-state index in [2.05, 4.69) is 26.4 Å². The highest BCUT2D eigenvalue weighted by molar-refractivity contribution is 5.64. The summed E-state index contributed by atoms with van der Waals surface area (Å²) in [6.07, 6.45) is 0.740. The molecule has 0 aliphatic carbocycles. The van der Waals surface area contributed by atoms with Crippen LogP contribution in [0.2, 0.25) is 0 Å². The second kappa shape index (κ2) is 8.05. The minimum absolute atomic E-state index is 0.0437. The summed E-state index contributed by atoms with van der Waals surface area (Å²) in [6, 6.07) is 10.3. The average Bonchev–Trinajstić information content (AvgIpc) is 3.23. The molecule has 1 unspecified atom stereocenters. The molecule has 0 aliphatic rings. The van der Waals surface area contributed by atoms with Crippen molar-refractivity contribution in [2.75, 3.05) is 12.5 Å². The normalized spacial score (nSPS) is 11.6. The third-order valence-corrected chi connectivity index (χ3v) is 3.79. The van der Waals surface area contributed by atoms with E-state index >= 15 is 0 Å². The minimum Gasteiger partial charge on any atom is -0.497 e. The van der Waals surface area contributed by atoms with Gasteiger partial charge in [-0.05, 0) is 34.2 Å². The molecule has 0 fully saturated rings. The first-order chi connectivity index (χ1) is 13.5. The SMILES string of the molecule is COc1ccc(C(NNc2ccc([N+](=O)[O-])cc2[N+](=O)[O-])n2cnnn2)cc1. The summed E-state index contributed by atoms with van der Waals surface area (Å²) >= 11 is 0. The van der Waals surface area contributed by atoms with Gasteiger partial charge in [-0.3, -0.25) is 20.2 Å². The smallest absolute Gasteiger partial charge is 0.300 e. The van der Waals surface area contributed by atoms with Crippen molar-refractivity contribution in [3.8, 4) is 5.75 Å². The number of nitro groups is 2. The van der Waals surface area contributed by atoms with Crippen LogP contribution in [0.4, 0.5) is 17.1 Å². The number of nitrogens with zero attached hydrogens (tertiary/aromatic N) is 6. The molecule has 1 aromatic heterocycles. The molecule has 0 amide bonds. The van der Waals surface area contributed by atoms with Crippen LogP contribution in [0.1, 0.15) is 11.7 Å². The first-order valence-electron chi connectivity index (χ1n) is 7.80. The van der Waals surface area contributed by atoms with Gasteiger partial charge in [-0.25, -0.2) is 10.1 Å². The summed E-state index contributed by atoms with van der Waals surface area (Å²) in [5.74, 6) is 0.651. The van der Waals surface area contributed by atoms with Crippen molar-refractivity contribution in [2.24, 2.45) is 0 Å². The van der Waals surface area contributed by atoms with Crippen LogP contribution in [0.5, 0.6) is 5.75 Å². The highest BCUT2D eigenvalue weighted by Gasteiger charge is 2.21. The van der Waals surface area contributed by atoms with E-state index in [0.717, 1.165) is 17.7 Å². The van der Waals surface area contributed by atoms with Crippen molar-refractivity contribution in [3.63, 3.8) is 0 Å². The third-order valence-electron chi connectivity index (χ3n) is 3.79. The zero-order valence-electron chi connectivity index (χ0n) is 14.4. The number of hydrogen-bond donors (Lipinski definition) is 2. The van der Waals surface area contributed by atoms with Crippen molar-refractivity contribution in [2.45, 2.75) is 6.17 Å². The topological polar surface area (TPSA) is 163 Å². The molecule has 13 heteroatoms. The first-order valence-corrected chi connectivity index (χ1v) is 7.80. The molecule has 3 rings (SSSR count). The number of tetrazole rings is 1. The molecule has 0 saturated heterocycles. The maximum Gasteiger partial charge on any atom is 0.300 e. The monoisotopic (exact) mass is 386 g/mol. The van der Waals surface area contributed by atoms with Crippen LogP contribution in [0.25, 0.3) is 0 Å². The molecule has 28 heavy (non-hydrogen) atoms. The molecule has 1 atom stereocenters. The Morgan fingerprint density at radius 1 is 1.11 bits per heavy atom. The van der Waals surface area contributed by atoms with Crippen LogP contribution in [0.15, 0.2) is 48.8 Å². The lowest BCUT2D eigenvalue weighted by atomic mass is 10.1. The fourth-order valence-electron chi connectivity index (χ4n) is 2.41. The highest BCUT2D eigenvalue weighted by atomic mass is 16.6. The molecule has 0 radical (unpaired) electrons. The van der Waals surface area contributed by atoms with Crippen molar-refractivity contribution in [1.29, 1.82) is 0 Å². The number of nitrogens with one attached hydrogen (secondary N) is 2. The van der Waals surface area contributed by atoms with Gasteiger partial charge in [0.05, 0.1) is 23.0 Å². The number of anilines is 1. The van der Waals surface area contributed by atoms with Crippen LogP contribution in [0.3, 0.4) is 0 Å². The number of aromatic nitrogens is 4. The van der Waals surface area contributed by atoms with Gasteiger partial charge in [0.1, 0.15) is 23.9 Å². The fourth-order valence-corrected chi connectivity index (χ4v) is 2.41.